The second kappa shape index (κ2) is 7.37. The normalized spacial score (nSPS) is 10.9. The first-order chi connectivity index (χ1) is 9.72. The molecule has 2 rings (SSSR count). The van der Waals surface area contributed by atoms with Crippen molar-refractivity contribution >= 4 is 11.8 Å². The number of benzene rings is 1. The van der Waals surface area contributed by atoms with Gasteiger partial charge in [0.2, 0.25) is 0 Å². The maximum Gasteiger partial charge on any atom is 0.195 e. The lowest BCUT2D eigenvalue weighted by Gasteiger charge is -2.10. The van der Waals surface area contributed by atoms with E-state index in [0.717, 1.165) is 12.1 Å². The van der Waals surface area contributed by atoms with Gasteiger partial charge in [-0.05, 0) is 23.4 Å². The van der Waals surface area contributed by atoms with Crippen LogP contribution in [0.25, 0.3) is 0 Å². The van der Waals surface area contributed by atoms with E-state index in [0.29, 0.717) is 23.2 Å². The average Bonchev–Trinajstić information content (AvgIpc) is 2.84. The van der Waals surface area contributed by atoms with Gasteiger partial charge >= 0.3 is 0 Å². The highest BCUT2D eigenvalue weighted by Crippen LogP contribution is 2.31. The standard InChI is InChI=1S/C13H17FN4OS/c1-18-9-16-17-13(18)20-12-10(4-3-5-11(12)14)8-15-6-7-19-2/h3-5,9,15H,6-8H2,1-2H3. The monoisotopic (exact) mass is 296 g/mol. The first-order valence-electron chi connectivity index (χ1n) is 6.21. The fraction of sp³-hybridized carbons (Fsp3) is 0.385. The summed E-state index contributed by atoms with van der Waals surface area (Å²) in [5.41, 5.74) is 0.897. The molecule has 0 radical (unpaired) electrons. The summed E-state index contributed by atoms with van der Waals surface area (Å²) in [6.07, 6.45) is 1.60. The third kappa shape index (κ3) is 3.78. The van der Waals surface area contributed by atoms with Gasteiger partial charge in [0, 0.05) is 27.2 Å². The van der Waals surface area contributed by atoms with Crippen molar-refractivity contribution in [2.24, 2.45) is 7.05 Å². The molecule has 0 aliphatic carbocycles. The van der Waals surface area contributed by atoms with Crippen molar-refractivity contribution in [1.82, 2.24) is 20.1 Å². The van der Waals surface area contributed by atoms with Crippen LogP contribution in [0.4, 0.5) is 4.39 Å². The SMILES string of the molecule is COCCNCc1cccc(F)c1Sc1nncn1C. The van der Waals surface area contributed by atoms with Crippen LogP contribution in [0.1, 0.15) is 5.56 Å². The van der Waals surface area contributed by atoms with Gasteiger partial charge in [-0.25, -0.2) is 4.39 Å². The lowest BCUT2D eigenvalue weighted by atomic mass is 10.2. The number of methoxy groups -OCH3 is 1. The molecule has 1 heterocycles. The highest BCUT2D eigenvalue weighted by Gasteiger charge is 2.12. The van der Waals surface area contributed by atoms with E-state index in [4.69, 9.17) is 4.74 Å². The van der Waals surface area contributed by atoms with Crippen molar-refractivity contribution in [2.45, 2.75) is 16.6 Å². The molecule has 0 fully saturated rings. The van der Waals surface area contributed by atoms with E-state index in [-0.39, 0.29) is 5.82 Å². The zero-order valence-corrected chi connectivity index (χ0v) is 12.3. The molecule has 0 atom stereocenters. The number of nitrogens with one attached hydrogen (secondary N) is 1. The molecule has 0 saturated carbocycles. The molecule has 5 nitrogen and oxygen atoms in total. The van der Waals surface area contributed by atoms with Crippen LogP contribution < -0.4 is 5.32 Å². The topological polar surface area (TPSA) is 52.0 Å². The van der Waals surface area contributed by atoms with Crippen molar-refractivity contribution in [3.05, 3.63) is 35.9 Å². The molecule has 1 N–H and O–H groups in total. The van der Waals surface area contributed by atoms with Crippen LogP contribution in [-0.4, -0.2) is 35.0 Å². The number of aromatic nitrogens is 3. The molecular weight excluding hydrogens is 279 g/mol. The van der Waals surface area contributed by atoms with E-state index in [1.165, 1.54) is 17.8 Å². The van der Waals surface area contributed by atoms with E-state index in [2.05, 4.69) is 15.5 Å². The van der Waals surface area contributed by atoms with Crippen molar-refractivity contribution in [3.8, 4) is 0 Å². The summed E-state index contributed by atoms with van der Waals surface area (Å²) < 4.78 is 20.8. The van der Waals surface area contributed by atoms with Crippen LogP contribution >= 0.6 is 11.8 Å². The van der Waals surface area contributed by atoms with E-state index >= 15 is 0 Å². The number of halogens is 1. The Balaban J connectivity index is 2.12. The number of aryl methyl sites for hydroxylation is 1. The van der Waals surface area contributed by atoms with Crippen molar-refractivity contribution in [3.63, 3.8) is 0 Å². The third-order valence-electron chi connectivity index (χ3n) is 2.71. The van der Waals surface area contributed by atoms with Crippen molar-refractivity contribution in [1.29, 1.82) is 0 Å². The molecule has 0 unspecified atom stereocenters. The highest BCUT2D eigenvalue weighted by molar-refractivity contribution is 7.99. The Labute approximate surface area is 121 Å². The van der Waals surface area contributed by atoms with Gasteiger partial charge in [-0.15, -0.1) is 10.2 Å². The molecule has 0 bridgehead atoms. The summed E-state index contributed by atoms with van der Waals surface area (Å²) in [7, 11) is 3.49. The fourth-order valence-electron chi connectivity index (χ4n) is 1.66. The lowest BCUT2D eigenvalue weighted by Crippen LogP contribution is -2.19. The molecule has 7 heteroatoms. The summed E-state index contributed by atoms with van der Waals surface area (Å²) in [5.74, 6) is -0.246. The average molecular weight is 296 g/mol. The first kappa shape index (κ1) is 15.0. The Morgan fingerprint density at radius 1 is 1.45 bits per heavy atom. The summed E-state index contributed by atoms with van der Waals surface area (Å²) in [6, 6.07) is 5.07. The van der Waals surface area contributed by atoms with E-state index < -0.39 is 0 Å². The van der Waals surface area contributed by atoms with E-state index in [9.17, 15) is 4.39 Å². The Morgan fingerprint density at radius 2 is 2.30 bits per heavy atom. The fourth-order valence-corrected chi connectivity index (χ4v) is 2.56. The zero-order chi connectivity index (χ0) is 14.4. The van der Waals surface area contributed by atoms with E-state index in [1.54, 1.807) is 24.1 Å². The Kier molecular flexibility index (Phi) is 5.51. The Bertz CT molecular complexity index is 561. The quantitative estimate of drug-likeness (QED) is 0.790. The zero-order valence-electron chi connectivity index (χ0n) is 11.5. The van der Waals surface area contributed by atoms with Crippen molar-refractivity contribution < 1.29 is 9.13 Å². The molecule has 0 spiro atoms. The van der Waals surface area contributed by atoms with Crippen LogP contribution in [0.2, 0.25) is 0 Å². The summed E-state index contributed by atoms with van der Waals surface area (Å²) in [5, 5.41) is 11.7. The molecule has 2 aromatic rings. The summed E-state index contributed by atoms with van der Waals surface area (Å²) in [6.45, 7) is 1.93. The van der Waals surface area contributed by atoms with Gasteiger partial charge in [0.1, 0.15) is 12.1 Å². The van der Waals surface area contributed by atoms with E-state index in [1.807, 2.05) is 13.1 Å². The largest absolute Gasteiger partial charge is 0.383 e. The number of hydrogen-bond acceptors (Lipinski definition) is 5. The predicted molar refractivity (Wildman–Crippen MR) is 75.1 cm³/mol. The molecule has 20 heavy (non-hydrogen) atoms. The van der Waals surface area contributed by atoms with Gasteiger partial charge in [0.05, 0.1) is 11.5 Å². The lowest BCUT2D eigenvalue weighted by molar-refractivity contribution is 0.199. The van der Waals surface area contributed by atoms with Crippen LogP contribution in [-0.2, 0) is 18.3 Å². The molecule has 108 valence electrons. The summed E-state index contributed by atoms with van der Waals surface area (Å²) in [4.78, 5) is 0.577. The number of ether oxygens (including phenoxy) is 1. The predicted octanol–water partition coefficient (Wildman–Crippen LogP) is 1.84. The highest BCUT2D eigenvalue weighted by atomic mass is 32.2. The molecule has 0 saturated heterocycles. The molecule has 0 aliphatic rings. The molecule has 0 amide bonds. The van der Waals surface area contributed by atoms with Gasteiger partial charge in [0.25, 0.3) is 0 Å². The first-order valence-corrected chi connectivity index (χ1v) is 7.03. The minimum Gasteiger partial charge on any atom is -0.383 e. The minimum absolute atomic E-state index is 0.246. The van der Waals surface area contributed by atoms with Gasteiger partial charge in [-0.2, -0.15) is 0 Å². The van der Waals surface area contributed by atoms with Gasteiger partial charge < -0.3 is 14.6 Å². The summed E-state index contributed by atoms with van der Waals surface area (Å²) >= 11 is 1.28. The molecular formula is C13H17FN4OS. The maximum absolute atomic E-state index is 14.0. The number of nitrogens with zero attached hydrogens (tertiary/aromatic N) is 3. The molecule has 1 aromatic heterocycles. The smallest absolute Gasteiger partial charge is 0.195 e. The third-order valence-corrected chi connectivity index (χ3v) is 3.92. The van der Waals surface area contributed by atoms with Gasteiger partial charge in [-0.1, -0.05) is 12.1 Å². The Morgan fingerprint density at radius 3 is 3.00 bits per heavy atom. The second-order valence-electron chi connectivity index (χ2n) is 4.22. The van der Waals surface area contributed by atoms with Crippen LogP contribution in [0.5, 0.6) is 0 Å². The van der Waals surface area contributed by atoms with Gasteiger partial charge in [0.15, 0.2) is 5.16 Å². The van der Waals surface area contributed by atoms with Crippen molar-refractivity contribution in [2.75, 3.05) is 20.3 Å². The Hall–Kier alpha value is -1.44. The van der Waals surface area contributed by atoms with Crippen LogP contribution in [0.3, 0.4) is 0 Å². The van der Waals surface area contributed by atoms with Gasteiger partial charge in [-0.3, -0.25) is 0 Å². The minimum atomic E-state index is -0.246. The van der Waals surface area contributed by atoms with Crippen LogP contribution in [0.15, 0.2) is 34.6 Å². The van der Waals surface area contributed by atoms with Crippen LogP contribution in [0, 0.1) is 5.82 Å². The molecule has 1 aromatic carbocycles. The molecule has 0 aliphatic heterocycles. The number of rotatable bonds is 7. The second-order valence-corrected chi connectivity index (χ2v) is 5.20. The number of hydrogen-bond donors (Lipinski definition) is 1. The maximum atomic E-state index is 14.0.